The molecule has 0 spiro atoms. The van der Waals surface area contributed by atoms with Crippen molar-refractivity contribution in [2.24, 2.45) is 16.6 Å². The van der Waals surface area contributed by atoms with Crippen LogP contribution in [0.4, 0.5) is 18.9 Å². The van der Waals surface area contributed by atoms with Gasteiger partial charge in [0.2, 0.25) is 11.8 Å². The summed E-state index contributed by atoms with van der Waals surface area (Å²) in [6.07, 6.45) is -3.66. The highest BCUT2D eigenvalue weighted by Crippen LogP contribution is 2.32. The molecule has 0 saturated heterocycles. The van der Waals surface area contributed by atoms with E-state index in [9.17, 15) is 27.6 Å². The normalized spacial score (nSPS) is 14.1. The van der Waals surface area contributed by atoms with Gasteiger partial charge in [-0.1, -0.05) is 62.4 Å². The highest BCUT2D eigenvalue weighted by Gasteiger charge is 2.44. The lowest BCUT2D eigenvalue weighted by atomic mass is 9.96. The van der Waals surface area contributed by atoms with Crippen LogP contribution < -0.4 is 10.5 Å². The Kier molecular flexibility index (Phi) is 11.5. The Labute approximate surface area is 270 Å². The van der Waals surface area contributed by atoms with E-state index in [0.717, 1.165) is 16.0 Å². The number of alkyl halides is 3. The molecule has 0 unspecified atom stereocenters. The summed E-state index contributed by atoms with van der Waals surface area (Å²) in [4.78, 5) is 49.1. The van der Waals surface area contributed by atoms with Crippen LogP contribution in [0.3, 0.4) is 0 Å². The van der Waals surface area contributed by atoms with E-state index in [1.165, 1.54) is 7.05 Å². The molecule has 2 aromatic carbocycles. The van der Waals surface area contributed by atoms with Crippen molar-refractivity contribution in [3.63, 3.8) is 0 Å². The number of amides is 1. The second kappa shape index (κ2) is 15.5. The average molecular weight is 656 g/mol. The van der Waals surface area contributed by atoms with Crippen LogP contribution >= 0.6 is 0 Å². The topological polar surface area (TPSA) is 137 Å². The van der Waals surface area contributed by atoms with Crippen LogP contribution in [0.2, 0.25) is 0 Å². The van der Waals surface area contributed by atoms with E-state index in [0.29, 0.717) is 23.9 Å². The number of carbonyl (C=O) groups is 3. The highest BCUT2D eigenvalue weighted by atomic mass is 19.4. The van der Waals surface area contributed by atoms with Gasteiger partial charge in [-0.3, -0.25) is 4.79 Å². The maximum Gasteiger partial charge on any atom is 0.491 e. The van der Waals surface area contributed by atoms with Crippen molar-refractivity contribution in [1.82, 2.24) is 14.8 Å². The molecule has 4 rings (SSSR count). The third-order valence-electron chi connectivity index (χ3n) is 7.55. The molecule has 2 atom stereocenters. The SMILES string of the molecule is CC(C)[C@H](CCC(=O)N(C)[C@@H](COCc1ccccc1)C(=O)OC(=O)C(F)(F)F)N1Cc2cc(Oc3ccccc3)ncc2N=C1N. The van der Waals surface area contributed by atoms with E-state index in [4.69, 9.17) is 15.2 Å². The predicted octanol–water partition coefficient (Wildman–Crippen LogP) is 5.12. The number of esters is 2. The molecular formula is C33H36F3N5O6. The number of aromatic nitrogens is 1. The number of nitrogens with two attached hydrogens (primary N) is 1. The van der Waals surface area contributed by atoms with Gasteiger partial charge >= 0.3 is 18.1 Å². The molecule has 2 heterocycles. The summed E-state index contributed by atoms with van der Waals surface area (Å²) >= 11 is 0. The Bertz CT molecular complexity index is 1570. The lowest BCUT2D eigenvalue weighted by Crippen LogP contribution is -2.50. The zero-order chi connectivity index (χ0) is 34.1. The number of benzene rings is 2. The third kappa shape index (κ3) is 9.51. The molecule has 0 radical (unpaired) electrons. The van der Waals surface area contributed by atoms with Crippen LogP contribution in [0.25, 0.3) is 0 Å². The van der Waals surface area contributed by atoms with Crippen molar-refractivity contribution < 1.29 is 41.8 Å². The van der Waals surface area contributed by atoms with Gasteiger partial charge in [0, 0.05) is 37.7 Å². The van der Waals surface area contributed by atoms with Gasteiger partial charge in [-0.2, -0.15) is 13.2 Å². The lowest BCUT2D eigenvalue weighted by Gasteiger charge is -2.38. The van der Waals surface area contributed by atoms with Crippen molar-refractivity contribution in [2.45, 2.75) is 58.1 Å². The molecule has 0 bridgehead atoms. The quantitative estimate of drug-likeness (QED) is 0.197. The highest BCUT2D eigenvalue weighted by molar-refractivity contribution is 5.93. The average Bonchev–Trinajstić information content (AvgIpc) is 3.03. The van der Waals surface area contributed by atoms with Crippen molar-refractivity contribution in [3.8, 4) is 11.6 Å². The Morgan fingerprint density at radius 1 is 1.04 bits per heavy atom. The summed E-state index contributed by atoms with van der Waals surface area (Å²) in [6, 6.07) is 17.9. The summed E-state index contributed by atoms with van der Waals surface area (Å²) in [5.74, 6) is -3.59. The summed E-state index contributed by atoms with van der Waals surface area (Å²) in [6.45, 7) is 3.78. The van der Waals surface area contributed by atoms with E-state index in [1.807, 2.05) is 36.9 Å². The van der Waals surface area contributed by atoms with Gasteiger partial charge in [-0.25, -0.2) is 19.6 Å². The Morgan fingerprint density at radius 2 is 1.70 bits per heavy atom. The van der Waals surface area contributed by atoms with Gasteiger partial charge in [-0.05, 0) is 30.0 Å². The van der Waals surface area contributed by atoms with Crippen LogP contribution in [0.15, 0.2) is 77.9 Å². The minimum Gasteiger partial charge on any atom is -0.439 e. The number of hydrogen-bond donors (Lipinski definition) is 1. The first-order valence-corrected chi connectivity index (χ1v) is 14.9. The predicted molar refractivity (Wildman–Crippen MR) is 165 cm³/mol. The molecule has 2 N–H and O–H groups in total. The van der Waals surface area contributed by atoms with Crippen LogP contribution in [0.1, 0.15) is 37.8 Å². The second-order valence-corrected chi connectivity index (χ2v) is 11.2. The van der Waals surface area contributed by atoms with Gasteiger partial charge < -0.3 is 29.7 Å². The van der Waals surface area contributed by atoms with E-state index in [-0.39, 0.29) is 37.4 Å². The van der Waals surface area contributed by atoms with Crippen LogP contribution in [0, 0.1) is 5.92 Å². The summed E-state index contributed by atoms with van der Waals surface area (Å²) in [5.41, 5.74) is 8.48. The number of hydrogen-bond acceptors (Lipinski definition) is 10. The van der Waals surface area contributed by atoms with Gasteiger partial charge in [0.1, 0.15) is 5.75 Å². The van der Waals surface area contributed by atoms with Gasteiger partial charge in [0.25, 0.3) is 0 Å². The van der Waals surface area contributed by atoms with Crippen LogP contribution in [0.5, 0.6) is 11.6 Å². The van der Waals surface area contributed by atoms with E-state index < -0.39 is 36.7 Å². The molecule has 1 aliphatic heterocycles. The van der Waals surface area contributed by atoms with Crippen molar-refractivity contribution in [2.75, 3.05) is 13.7 Å². The van der Waals surface area contributed by atoms with Crippen molar-refractivity contribution in [3.05, 3.63) is 84.1 Å². The van der Waals surface area contributed by atoms with Crippen molar-refractivity contribution in [1.29, 1.82) is 0 Å². The zero-order valence-electron chi connectivity index (χ0n) is 26.1. The molecule has 3 aromatic rings. The zero-order valence-corrected chi connectivity index (χ0v) is 26.1. The number of carbonyl (C=O) groups excluding carboxylic acids is 3. The summed E-state index contributed by atoms with van der Waals surface area (Å²) < 4.78 is 54.0. The molecule has 11 nitrogen and oxygen atoms in total. The number of rotatable bonds is 13. The minimum absolute atomic E-state index is 0.00958. The number of halogens is 3. The molecule has 0 saturated carbocycles. The van der Waals surface area contributed by atoms with Crippen molar-refractivity contribution >= 4 is 29.5 Å². The fraction of sp³-hybridized carbons (Fsp3) is 0.364. The number of fused-ring (bicyclic) bond motifs is 1. The number of para-hydroxylation sites is 1. The van der Waals surface area contributed by atoms with Gasteiger partial charge in [-0.15, -0.1) is 0 Å². The van der Waals surface area contributed by atoms with E-state index >= 15 is 0 Å². The molecule has 0 aliphatic carbocycles. The van der Waals surface area contributed by atoms with Gasteiger partial charge in [0.05, 0.1) is 25.1 Å². The number of guanidine groups is 1. The maximum absolute atomic E-state index is 13.4. The number of pyridine rings is 1. The monoisotopic (exact) mass is 655 g/mol. The van der Waals surface area contributed by atoms with E-state index in [2.05, 4.69) is 14.7 Å². The first-order valence-electron chi connectivity index (χ1n) is 14.9. The first-order chi connectivity index (χ1) is 22.3. The largest absolute Gasteiger partial charge is 0.491 e. The minimum atomic E-state index is -5.39. The molecule has 1 amide bonds. The fourth-order valence-corrected chi connectivity index (χ4v) is 4.99. The Hall–Kier alpha value is -4.98. The third-order valence-corrected chi connectivity index (χ3v) is 7.55. The number of likely N-dealkylation sites (N-methyl/N-ethyl adjacent to an activating group) is 1. The maximum atomic E-state index is 13.4. The van der Waals surface area contributed by atoms with Gasteiger partial charge in [0.15, 0.2) is 12.0 Å². The molecule has 250 valence electrons. The molecule has 14 heteroatoms. The fourth-order valence-electron chi connectivity index (χ4n) is 4.99. The lowest BCUT2D eigenvalue weighted by molar-refractivity contribution is -0.204. The summed E-state index contributed by atoms with van der Waals surface area (Å²) in [5, 5.41) is 0. The summed E-state index contributed by atoms with van der Waals surface area (Å²) in [7, 11) is 1.25. The van der Waals surface area contributed by atoms with Crippen LogP contribution in [-0.4, -0.2) is 70.5 Å². The molecular weight excluding hydrogens is 619 g/mol. The molecule has 47 heavy (non-hydrogen) atoms. The first kappa shape index (κ1) is 34.9. The van der Waals surface area contributed by atoms with E-state index in [1.54, 1.807) is 54.7 Å². The standard InChI is InChI=1S/C33H36F3N5O6/c1-21(2)26(41-18-23-16-28(38-17-25(23)39-32(41)37)46-24-12-8-5-9-13-24)14-15-29(42)40(3)27(30(43)47-31(44)33(34,35)36)20-45-19-22-10-6-4-7-11-22/h4-13,16-17,21,26-27H,14-15,18-20H2,1-3H3,(H2,37,39)/t26-,27-/m0/s1. The number of nitrogens with zero attached hydrogens (tertiary/aromatic N) is 4. The number of aliphatic imine (C=N–C) groups is 1. The smallest absolute Gasteiger partial charge is 0.439 e. The molecule has 1 aromatic heterocycles. The number of ether oxygens (including phenoxy) is 3. The second-order valence-electron chi connectivity index (χ2n) is 11.2. The van der Waals surface area contributed by atoms with Crippen LogP contribution in [-0.2, 0) is 37.0 Å². The molecule has 1 aliphatic rings. The Balaban J connectivity index is 1.44. The molecule has 0 fully saturated rings. The Morgan fingerprint density at radius 3 is 2.34 bits per heavy atom.